The number of carboxylic acid groups (broad SMARTS) is 1. The number of nitrogens with one attached hydrogen (secondary N) is 1. The SMILES string of the molecule is O=C(COc1ccc(Cl)cc1C(=O)O)NCc1cccs1. The highest BCUT2D eigenvalue weighted by atomic mass is 35.5. The Balaban J connectivity index is 1.90. The number of rotatable bonds is 6. The van der Waals surface area contributed by atoms with Gasteiger partial charge in [0, 0.05) is 9.90 Å². The van der Waals surface area contributed by atoms with Crippen LogP contribution in [-0.4, -0.2) is 23.6 Å². The van der Waals surface area contributed by atoms with Crippen LogP contribution in [0.15, 0.2) is 35.7 Å². The molecule has 2 aromatic rings. The predicted octanol–water partition coefficient (Wildman–Crippen LogP) is 2.79. The van der Waals surface area contributed by atoms with E-state index in [0.29, 0.717) is 11.6 Å². The third-order valence-electron chi connectivity index (χ3n) is 2.57. The summed E-state index contributed by atoms with van der Waals surface area (Å²) in [4.78, 5) is 23.7. The summed E-state index contributed by atoms with van der Waals surface area (Å²) in [7, 11) is 0. The van der Waals surface area contributed by atoms with E-state index in [4.69, 9.17) is 21.4 Å². The van der Waals surface area contributed by atoms with Crippen molar-refractivity contribution in [1.29, 1.82) is 0 Å². The highest BCUT2D eigenvalue weighted by molar-refractivity contribution is 7.09. The van der Waals surface area contributed by atoms with Crippen LogP contribution in [0.25, 0.3) is 0 Å². The molecule has 1 aromatic carbocycles. The summed E-state index contributed by atoms with van der Waals surface area (Å²) in [5.41, 5.74) is -0.0754. The minimum atomic E-state index is -1.16. The Hall–Kier alpha value is -2.05. The van der Waals surface area contributed by atoms with Gasteiger partial charge in [0.2, 0.25) is 0 Å². The van der Waals surface area contributed by atoms with Crippen molar-refractivity contribution in [2.45, 2.75) is 6.54 Å². The van der Waals surface area contributed by atoms with Gasteiger partial charge in [-0.15, -0.1) is 11.3 Å². The van der Waals surface area contributed by atoms with E-state index in [-0.39, 0.29) is 23.8 Å². The lowest BCUT2D eigenvalue weighted by Gasteiger charge is -2.09. The van der Waals surface area contributed by atoms with Crippen molar-refractivity contribution in [2.24, 2.45) is 0 Å². The number of ether oxygens (including phenoxy) is 1. The summed E-state index contributed by atoms with van der Waals surface area (Å²) >= 11 is 7.27. The third kappa shape index (κ3) is 4.47. The Morgan fingerprint density at radius 1 is 1.33 bits per heavy atom. The van der Waals surface area contributed by atoms with Crippen LogP contribution >= 0.6 is 22.9 Å². The lowest BCUT2D eigenvalue weighted by atomic mass is 10.2. The molecule has 21 heavy (non-hydrogen) atoms. The predicted molar refractivity (Wildman–Crippen MR) is 80.1 cm³/mol. The zero-order valence-corrected chi connectivity index (χ0v) is 12.4. The van der Waals surface area contributed by atoms with Crippen molar-refractivity contribution in [3.05, 3.63) is 51.2 Å². The minimum Gasteiger partial charge on any atom is -0.483 e. The van der Waals surface area contributed by atoms with Crippen molar-refractivity contribution in [3.63, 3.8) is 0 Å². The van der Waals surface area contributed by atoms with Crippen molar-refractivity contribution in [3.8, 4) is 5.75 Å². The first kappa shape index (κ1) is 15.3. The summed E-state index contributed by atoms with van der Waals surface area (Å²) < 4.78 is 5.24. The van der Waals surface area contributed by atoms with E-state index in [1.165, 1.54) is 29.5 Å². The van der Waals surface area contributed by atoms with E-state index in [1.807, 2.05) is 17.5 Å². The van der Waals surface area contributed by atoms with Crippen molar-refractivity contribution >= 4 is 34.8 Å². The topological polar surface area (TPSA) is 75.6 Å². The molecule has 0 aliphatic carbocycles. The van der Waals surface area contributed by atoms with Gasteiger partial charge in [0.25, 0.3) is 5.91 Å². The molecule has 0 radical (unpaired) electrons. The van der Waals surface area contributed by atoms with Gasteiger partial charge in [-0.25, -0.2) is 4.79 Å². The van der Waals surface area contributed by atoms with Crippen LogP contribution < -0.4 is 10.1 Å². The number of benzene rings is 1. The summed E-state index contributed by atoms with van der Waals surface area (Å²) in [6.07, 6.45) is 0. The zero-order chi connectivity index (χ0) is 15.2. The van der Waals surface area contributed by atoms with E-state index in [1.54, 1.807) is 0 Å². The summed E-state index contributed by atoms with van der Waals surface area (Å²) in [5.74, 6) is -1.38. The maximum absolute atomic E-state index is 11.7. The molecular weight excluding hydrogens is 314 g/mol. The van der Waals surface area contributed by atoms with Gasteiger partial charge < -0.3 is 15.2 Å². The minimum absolute atomic E-state index is 0.0754. The van der Waals surface area contributed by atoms with Crippen LogP contribution in [0, 0.1) is 0 Å². The molecule has 2 rings (SSSR count). The van der Waals surface area contributed by atoms with Crippen molar-refractivity contribution in [2.75, 3.05) is 6.61 Å². The largest absolute Gasteiger partial charge is 0.483 e. The van der Waals surface area contributed by atoms with Crippen LogP contribution in [-0.2, 0) is 11.3 Å². The number of carbonyl (C=O) groups is 2. The summed E-state index contributed by atoms with van der Waals surface area (Å²) in [6.45, 7) is 0.166. The van der Waals surface area contributed by atoms with Crippen LogP contribution in [0.5, 0.6) is 5.75 Å². The molecule has 0 fully saturated rings. The highest BCUT2D eigenvalue weighted by Crippen LogP contribution is 2.22. The molecule has 7 heteroatoms. The van der Waals surface area contributed by atoms with Gasteiger partial charge in [-0.3, -0.25) is 4.79 Å². The Bertz CT molecular complexity index is 642. The lowest BCUT2D eigenvalue weighted by Crippen LogP contribution is -2.28. The first-order valence-electron chi connectivity index (χ1n) is 6.01. The van der Waals surface area contributed by atoms with E-state index < -0.39 is 5.97 Å². The number of thiophene rings is 1. The van der Waals surface area contributed by atoms with E-state index in [2.05, 4.69) is 5.32 Å². The van der Waals surface area contributed by atoms with Gasteiger partial charge in [-0.1, -0.05) is 17.7 Å². The fraction of sp³-hybridized carbons (Fsp3) is 0.143. The van der Waals surface area contributed by atoms with Gasteiger partial charge >= 0.3 is 5.97 Å². The molecule has 1 amide bonds. The van der Waals surface area contributed by atoms with Gasteiger partial charge in [0.15, 0.2) is 6.61 Å². The van der Waals surface area contributed by atoms with E-state index in [9.17, 15) is 9.59 Å². The van der Waals surface area contributed by atoms with Gasteiger partial charge in [0.1, 0.15) is 11.3 Å². The molecule has 1 aromatic heterocycles. The van der Waals surface area contributed by atoms with Crippen LogP contribution in [0.4, 0.5) is 0 Å². The van der Waals surface area contributed by atoms with Crippen LogP contribution in [0.3, 0.4) is 0 Å². The normalized spacial score (nSPS) is 10.1. The second-order valence-electron chi connectivity index (χ2n) is 4.09. The molecule has 1 heterocycles. The lowest BCUT2D eigenvalue weighted by molar-refractivity contribution is -0.123. The fourth-order valence-electron chi connectivity index (χ4n) is 1.59. The average molecular weight is 326 g/mol. The van der Waals surface area contributed by atoms with Crippen molar-refractivity contribution in [1.82, 2.24) is 5.32 Å². The Morgan fingerprint density at radius 3 is 2.81 bits per heavy atom. The second-order valence-corrected chi connectivity index (χ2v) is 5.56. The molecule has 0 aliphatic heterocycles. The highest BCUT2D eigenvalue weighted by Gasteiger charge is 2.13. The number of carbonyl (C=O) groups excluding carboxylic acids is 1. The molecule has 0 saturated heterocycles. The van der Waals surface area contributed by atoms with Crippen LogP contribution in [0.2, 0.25) is 5.02 Å². The second kappa shape index (κ2) is 7.10. The Labute approximate surface area is 130 Å². The van der Waals surface area contributed by atoms with Crippen LogP contribution in [0.1, 0.15) is 15.2 Å². The third-order valence-corrected chi connectivity index (χ3v) is 3.68. The number of aromatic carboxylic acids is 1. The first-order valence-corrected chi connectivity index (χ1v) is 7.27. The smallest absolute Gasteiger partial charge is 0.339 e. The molecule has 5 nitrogen and oxygen atoms in total. The molecule has 0 spiro atoms. The molecule has 0 saturated carbocycles. The molecule has 0 unspecified atom stereocenters. The maximum Gasteiger partial charge on any atom is 0.339 e. The average Bonchev–Trinajstić information content (AvgIpc) is 2.97. The molecule has 0 aliphatic rings. The molecule has 0 bridgehead atoms. The number of hydrogen-bond acceptors (Lipinski definition) is 4. The number of carboxylic acids is 1. The Kier molecular flexibility index (Phi) is 5.19. The van der Waals surface area contributed by atoms with Crippen molar-refractivity contribution < 1.29 is 19.4 Å². The number of halogens is 1. The molecule has 110 valence electrons. The zero-order valence-electron chi connectivity index (χ0n) is 10.8. The van der Waals surface area contributed by atoms with Gasteiger partial charge in [-0.05, 0) is 29.6 Å². The molecular formula is C14H12ClNO4S. The molecule has 2 N–H and O–H groups in total. The van der Waals surface area contributed by atoms with Gasteiger partial charge in [0.05, 0.1) is 6.54 Å². The molecule has 0 atom stereocenters. The summed E-state index contributed by atoms with van der Waals surface area (Å²) in [5, 5.41) is 13.9. The number of hydrogen-bond donors (Lipinski definition) is 2. The van der Waals surface area contributed by atoms with Gasteiger partial charge in [-0.2, -0.15) is 0 Å². The monoisotopic (exact) mass is 325 g/mol. The fourth-order valence-corrected chi connectivity index (χ4v) is 2.41. The number of amides is 1. The quantitative estimate of drug-likeness (QED) is 0.856. The van der Waals surface area contributed by atoms with E-state index >= 15 is 0 Å². The Morgan fingerprint density at radius 2 is 2.14 bits per heavy atom. The maximum atomic E-state index is 11.7. The van der Waals surface area contributed by atoms with E-state index in [0.717, 1.165) is 4.88 Å². The first-order chi connectivity index (χ1) is 10.1. The summed E-state index contributed by atoms with van der Waals surface area (Å²) in [6, 6.07) is 8.02. The standard InChI is InChI=1S/C14H12ClNO4S/c15-9-3-4-12(11(6-9)14(18)19)20-8-13(17)16-7-10-2-1-5-21-10/h1-6H,7-8H2,(H,16,17)(H,18,19).